The van der Waals surface area contributed by atoms with Gasteiger partial charge >= 0.3 is 5.97 Å². The number of carboxylic acid groups (broad SMARTS) is 1. The Morgan fingerprint density at radius 2 is 1.80 bits per heavy atom. The van der Waals surface area contributed by atoms with E-state index in [4.69, 9.17) is 21.3 Å². The van der Waals surface area contributed by atoms with E-state index in [-0.39, 0.29) is 0 Å². The van der Waals surface area contributed by atoms with Gasteiger partial charge in [-0.1, -0.05) is 23.7 Å². The Bertz CT molecular complexity index is 1110. The van der Waals surface area contributed by atoms with Crippen molar-refractivity contribution in [2.24, 2.45) is 0 Å². The molecule has 0 bridgehead atoms. The number of hydrogen-bond donors (Lipinski definition) is 1. The molecule has 0 spiro atoms. The first-order chi connectivity index (χ1) is 14.0. The first-order valence-corrected chi connectivity index (χ1v) is 10.5. The SMILES string of the molecule is CCn1c(C)c(C)c2c(-c3ccc(Cl)cc3)c(C(OC(C)(C)C)C(=O)O)c(C)nc21. The Morgan fingerprint density at radius 1 is 1.20 bits per heavy atom. The van der Waals surface area contributed by atoms with Gasteiger partial charge in [0.15, 0.2) is 6.10 Å². The number of nitrogens with zero attached hydrogens (tertiary/aromatic N) is 2. The molecule has 0 radical (unpaired) electrons. The number of ether oxygens (including phenoxy) is 1. The van der Waals surface area contributed by atoms with E-state index in [1.54, 1.807) is 0 Å². The summed E-state index contributed by atoms with van der Waals surface area (Å²) in [4.78, 5) is 17.2. The van der Waals surface area contributed by atoms with Crippen LogP contribution in [0.25, 0.3) is 22.2 Å². The summed E-state index contributed by atoms with van der Waals surface area (Å²) >= 11 is 6.14. The number of carboxylic acids is 1. The summed E-state index contributed by atoms with van der Waals surface area (Å²) in [6.45, 7) is 14.4. The fourth-order valence-electron chi connectivity index (χ4n) is 4.01. The third kappa shape index (κ3) is 3.96. The number of hydrogen-bond acceptors (Lipinski definition) is 3. The fourth-order valence-corrected chi connectivity index (χ4v) is 4.13. The largest absolute Gasteiger partial charge is 0.479 e. The Morgan fingerprint density at radius 3 is 2.30 bits per heavy atom. The Hall–Kier alpha value is -2.37. The predicted molar refractivity (Wildman–Crippen MR) is 121 cm³/mol. The number of aliphatic carboxylic acids is 1. The molecule has 3 rings (SSSR count). The van der Waals surface area contributed by atoms with Gasteiger partial charge in [-0.3, -0.25) is 0 Å². The van der Waals surface area contributed by atoms with Crippen LogP contribution in [-0.4, -0.2) is 26.2 Å². The lowest BCUT2D eigenvalue weighted by Gasteiger charge is -2.28. The Kier molecular flexibility index (Phi) is 5.99. The van der Waals surface area contributed by atoms with Crippen molar-refractivity contribution in [2.75, 3.05) is 0 Å². The minimum Gasteiger partial charge on any atom is -0.479 e. The zero-order valence-corrected chi connectivity index (χ0v) is 19.4. The quantitative estimate of drug-likeness (QED) is 0.522. The van der Waals surface area contributed by atoms with Crippen LogP contribution < -0.4 is 0 Å². The molecule has 2 aromatic heterocycles. The van der Waals surface area contributed by atoms with Crippen LogP contribution in [0, 0.1) is 20.8 Å². The lowest BCUT2D eigenvalue weighted by atomic mass is 9.91. The molecule has 3 aromatic rings. The smallest absolute Gasteiger partial charge is 0.337 e. The van der Waals surface area contributed by atoms with E-state index in [2.05, 4.69) is 25.3 Å². The van der Waals surface area contributed by atoms with Crippen LogP contribution in [-0.2, 0) is 16.1 Å². The molecule has 6 heteroatoms. The van der Waals surface area contributed by atoms with E-state index in [9.17, 15) is 9.90 Å². The molecular formula is C24H29ClN2O3. The van der Waals surface area contributed by atoms with Crippen LogP contribution in [0.1, 0.15) is 56.3 Å². The third-order valence-corrected chi connectivity index (χ3v) is 5.64. The van der Waals surface area contributed by atoms with Crippen molar-refractivity contribution in [1.82, 2.24) is 9.55 Å². The summed E-state index contributed by atoms with van der Waals surface area (Å²) < 4.78 is 8.20. The van der Waals surface area contributed by atoms with E-state index in [1.807, 2.05) is 52.0 Å². The van der Waals surface area contributed by atoms with Gasteiger partial charge in [-0.2, -0.15) is 0 Å². The molecule has 1 aromatic carbocycles. The van der Waals surface area contributed by atoms with Crippen LogP contribution >= 0.6 is 11.6 Å². The van der Waals surface area contributed by atoms with E-state index >= 15 is 0 Å². The zero-order chi connectivity index (χ0) is 22.4. The first-order valence-electron chi connectivity index (χ1n) is 10.1. The number of aryl methyl sites for hydroxylation is 3. The van der Waals surface area contributed by atoms with Crippen molar-refractivity contribution in [2.45, 2.75) is 66.7 Å². The van der Waals surface area contributed by atoms with Gasteiger partial charge in [0.05, 0.1) is 5.60 Å². The Labute approximate surface area is 182 Å². The normalized spacial score (nSPS) is 13.1. The summed E-state index contributed by atoms with van der Waals surface area (Å²) in [5.41, 5.74) is 5.41. The lowest BCUT2D eigenvalue weighted by Crippen LogP contribution is -2.28. The second-order valence-electron chi connectivity index (χ2n) is 8.59. The second kappa shape index (κ2) is 8.05. The number of carbonyl (C=O) groups is 1. The highest BCUT2D eigenvalue weighted by molar-refractivity contribution is 6.30. The van der Waals surface area contributed by atoms with Crippen LogP contribution in [0.3, 0.4) is 0 Å². The number of aromatic nitrogens is 2. The molecule has 0 fully saturated rings. The van der Waals surface area contributed by atoms with Crippen molar-refractivity contribution >= 4 is 28.6 Å². The van der Waals surface area contributed by atoms with Gasteiger partial charge in [0, 0.05) is 39.5 Å². The van der Waals surface area contributed by atoms with Gasteiger partial charge in [-0.25, -0.2) is 9.78 Å². The molecule has 1 unspecified atom stereocenters. The fraction of sp³-hybridized carbons (Fsp3) is 0.417. The number of pyridine rings is 1. The summed E-state index contributed by atoms with van der Waals surface area (Å²) in [6, 6.07) is 7.49. The van der Waals surface area contributed by atoms with E-state index in [1.165, 1.54) is 0 Å². The van der Waals surface area contributed by atoms with E-state index in [0.717, 1.165) is 40.0 Å². The number of halogens is 1. The van der Waals surface area contributed by atoms with Crippen molar-refractivity contribution in [1.29, 1.82) is 0 Å². The molecule has 1 atom stereocenters. The van der Waals surface area contributed by atoms with Gasteiger partial charge in [0.25, 0.3) is 0 Å². The molecule has 5 nitrogen and oxygen atoms in total. The molecule has 0 aliphatic rings. The molecule has 1 N–H and O–H groups in total. The van der Waals surface area contributed by atoms with Crippen molar-refractivity contribution in [3.63, 3.8) is 0 Å². The van der Waals surface area contributed by atoms with Crippen molar-refractivity contribution < 1.29 is 14.6 Å². The Balaban J connectivity index is 2.49. The lowest BCUT2D eigenvalue weighted by molar-refractivity contribution is -0.160. The monoisotopic (exact) mass is 428 g/mol. The topological polar surface area (TPSA) is 64.3 Å². The van der Waals surface area contributed by atoms with Crippen LogP contribution in [0.4, 0.5) is 0 Å². The molecule has 0 saturated heterocycles. The summed E-state index contributed by atoms with van der Waals surface area (Å²) in [6.07, 6.45) is -1.14. The average molecular weight is 429 g/mol. The molecule has 0 saturated carbocycles. The van der Waals surface area contributed by atoms with Gasteiger partial charge in [0.1, 0.15) is 5.65 Å². The first kappa shape index (κ1) is 22.3. The van der Waals surface area contributed by atoms with E-state index < -0.39 is 17.7 Å². The third-order valence-electron chi connectivity index (χ3n) is 5.39. The molecule has 2 heterocycles. The molecular weight excluding hydrogens is 400 g/mol. The minimum absolute atomic E-state index is 0.587. The number of fused-ring (bicyclic) bond motifs is 1. The van der Waals surface area contributed by atoms with E-state index in [0.29, 0.717) is 16.3 Å². The summed E-state index contributed by atoms with van der Waals surface area (Å²) in [5, 5.41) is 11.7. The standard InChI is InChI=1S/C24H29ClN2O3/c1-8-27-15(4)13(2)18-20(16-9-11-17(25)12-10-16)19(14(3)26-22(18)27)21(23(28)29)30-24(5,6)7/h9-12,21H,8H2,1-7H3,(H,28,29). The number of benzene rings is 1. The zero-order valence-electron chi connectivity index (χ0n) is 18.6. The maximum atomic E-state index is 12.3. The highest BCUT2D eigenvalue weighted by Crippen LogP contribution is 2.42. The molecule has 0 aliphatic heterocycles. The van der Waals surface area contributed by atoms with Crippen LogP contribution in [0.15, 0.2) is 24.3 Å². The highest BCUT2D eigenvalue weighted by atomic mass is 35.5. The molecule has 0 aliphatic carbocycles. The minimum atomic E-state index is -1.14. The molecule has 0 amide bonds. The maximum Gasteiger partial charge on any atom is 0.337 e. The highest BCUT2D eigenvalue weighted by Gasteiger charge is 2.33. The van der Waals surface area contributed by atoms with Gasteiger partial charge in [-0.05, 0) is 71.7 Å². The summed E-state index contributed by atoms with van der Waals surface area (Å²) in [7, 11) is 0. The van der Waals surface area contributed by atoms with Gasteiger partial charge in [-0.15, -0.1) is 0 Å². The predicted octanol–water partition coefficient (Wildman–Crippen LogP) is 6.24. The average Bonchev–Trinajstić information content (AvgIpc) is 2.88. The van der Waals surface area contributed by atoms with Crippen LogP contribution in [0.2, 0.25) is 5.02 Å². The second-order valence-corrected chi connectivity index (χ2v) is 9.03. The van der Waals surface area contributed by atoms with Gasteiger partial charge in [0.2, 0.25) is 0 Å². The van der Waals surface area contributed by atoms with Crippen LogP contribution in [0.5, 0.6) is 0 Å². The van der Waals surface area contributed by atoms with Gasteiger partial charge < -0.3 is 14.4 Å². The van der Waals surface area contributed by atoms with Crippen molar-refractivity contribution in [3.8, 4) is 11.1 Å². The number of rotatable bonds is 5. The summed E-state index contributed by atoms with van der Waals surface area (Å²) in [5.74, 6) is -1.03. The maximum absolute atomic E-state index is 12.3. The van der Waals surface area contributed by atoms with Crippen molar-refractivity contribution in [3.05, 3.63) is 51.8 Å². The molecule has 160 valence electrons. The molecule has 30 heavy (non-hydrogen) atoms.